The van der Waals surface area contributed by atoms with Crippen LogP contribution in [0.4, 0.5) is 11.8 Å². The molecule has 0 radical (unpaired) electrons. The van der Waals surface area contributed by atoms with E-state index in [0.29, 0.717) is 19.0 Å². The number of nitrogens with zero attached hydrogens (tertiary/aromatic N) is 2. The number of aromatic nitrogens is 2. The normalized spacial score (nSPS) is 10.5. The Hall–Kier alpha value is -2.82. The summed E-state index contributed by atoms with van der Waals surface area (Å²) in [5.41, 5.74) is 3.36. The monoisotopic (exact) mass is 308 g/mol. The third kappa shape index (κ3) is 4.32. The zero-order chi connectivity index (χ0) is 16.1. The number of nitrogens with one attached hydrogen (secondary N) is 2. The molecule has 2 heterocycles. The van der Waals surface area contributed by atoms with E-state index in [1.165, 1.54) is 11.1 Å². The highest BCUT2D eigenvalue weighted by Gasteiger charge is 2.03. The molecule has 0 amide bonds. The van der Waals surface area contributed by atoms with Gasteiger partial charge >= 0.3 is 0 Å². The Kier molecular flexibility index (Phi) is 4.57. The first-order valence-electron chi connectivity index (χ1n) is 7.60. The van der Waals surface area contributed by atoms with Gasteiger partial charge in [0.25, 0.3) is 0 Å². The number of rotatable bonds is 6. The molecule has 0 spiro atoms. The van der Waals surface area contributed by atoms with Crippen molar-refractivity contribution >= 4 is 11.8 Å². The largest absolute Gasteiger partial charge is 0.467 e. The molecule has 0 saturated heterocycles. The van der Waals surface area contributed by atoms with Gasteiger partial charge in [-0.1, -0.05) is 29.8 Å². The molecule has 0 atom stereocenters. The maximum Gasteiger partial charge on any atom is 0.225 e. The lowest BCUT2D eigenvalue weighted by Crippen LogP contribution is -2.08. The summed E-state index contributed by atoms with van der Waals surface area (Å²) in [5, 5.41) is 6.52. The zero-order valence-electron chi connectivity index (χ0n) is 13.3. The van der Waals surface area contributed by atoms with Crippen LogP contribution in [0.25, 0.3) is 0 Å². The van der Waals surface area contributed by atoms with Crippen molar-refractivity contribution in [3.05, 3.63) is 71.3 Å². The van der Waals surface area contributed by atoms with Crippen molar-refractivity contribution in [2.24, 2.45) is 0 Å². The lowest BCUT2D eigenvalue weighted by Gasteiger charge is -2.09. The quantitative estimate of drug-likeness (QED) is 0.723. The van der Waals surface area contributed by atoms with Crippen LogP contribution in [0.1, 0.15) is 22.6 Å². The van der Waals surface area contributed by atoms with Crippen molar-refractivity contribution in [2.75, 3.05) is 10.6 Å². The zero-order valence-corrected chi connectivity index (χ0v) is 13.3. The molecule has 2 aromatic heterocycles. The van der Waals surface area contributed by atoms with Gasteiger partial charge in [-0.25, -0.2) is 4.98 Å². The van der Waals surface area contributed by atoms with Gasteiger partial charge in [0.05, 0.1) is 12.8 Å². The lowest BCUT2D eigenvalue weighted by atomic mass is 10.1. The molecule has 3 aromatic rings. The number of benzene rings is 1. The SMILES string of the molecule is Cc1ccc(CNc2nc(C)cc(NCc3ccco3)n2)cc1. The van der Waals surface area contributed by atoms with Gasteiger partial charge in [0.1, 0.15) is 11.6 Å². The van der Waals surface area contributed by atoms with Gasteiger partial charge in [0.15, 0.2) is 0 Å². The summed E-state index contributed by atoms with van der Waals surface area (Å²) < 4.78 is 5.31. The van der Waals surface area contributed by atoms with E-state index in [1.54, 1.807) is 6.26 Å². The Morgan fingerprint density at radius 1 is 0.957 bits per heavy atom. The number of hydrogen-bond donors (Lipinski definition) is 2. The Labute approximate surface area is 135 Å². The number of furan rings is 1. The van der Waals surface area contributed by atoms with Gasteiger partial charge in [0.2, 0.25) is 5.95 Å². The summed E-state index contributed by atoms with van der Waals surface area (Å²) in [4.78, 5) is 8.92. The third-order valence-electron chi connectivity index (χ3n) is 3.45. The van der Waals surface area contributed by atoms with Crippen molar-refractivity contribution in [3.63, 3.8) is 0 Å². The first-order chi connectivity index (χ1) is 11.2. The first kappa shape index (κ1) is 15.1. The van der Waals surface area contributed by atoms with E-state index in [0.717, 1.165) is 17.3 Å². The molecule has 118 valence electrons. The second-order valence-corrected chi connectivity index (χ2v) is 5.49. The van der Waals surface area contributed by atoms with Crippen molar-refractivity contribution < 1.29 is 4.42 Å². The molecule has 0 aliphatic carbocycles. The van der Waals surface area contributed by atoms with Gasteiger partial charge < -0.3 is 15.1 Å². The molecule has 1 aromatic carbocycles. The molecule has 0 saturated carbocycles. The van der Waals surface area contributed by atoms with Crippen LogP contribution >= 0.6 is 0 Å². The average molecular weight is 308 g/mol. The lowest BCUT2D eigenvalue weighted by molar-refractivity contribution is 0.518. The van der Waals surface area contributed by atoms with Gasteiger partial charge in [-0.3, -0.25) is 0 Å². The topological polar surface area (TPSA) is 63.0 Å². The molecule has 0 bridgehead atoms. The minimum absolute atomic E-state index is 0.598. The summed E-state index contributed by atoms with van der Waals surface area (Å²) >= 11 is 0. The minimum Gasteiger partial charge on any atom is -0.467 e. The number of anilines is 2. The maximum absolute atomic E-state index is 5.31. The predicted molar refractivity (Wildman–Crippen MR) is 91.3 cm³/mol. The van der Waals surface area contributed by atoms with Crippen LogP contribution in [0.5, 0.6) is 0 Å². The second-order valence-electron chi connectivity index (χ2n) is 5.49. The molecular weight excluding hydrogens is 288 g/mol. The standard InChI is InChI=1S/C18H20N4O/c1-13-5-7-15(8-6-13)11-20-18-21-14(2)10-17(22-18)19-12-16-4-3-9-23-16/h3-10H,11-12H2,1-2H3,(H2,19,20,21,22). The smallest absolute Gasteiger partial charge is 0.225 e. The van der Waals surface area contributed by atoms with Crippen LogP contribution in [-0.4, -0.2) is 9.97 Å². The van der Waals surface area contributed by atoms with Crippen molar-refractivity contribution in [3.8, 4) is 0 Å². The van der Waals surface area contributed by atoms with E-state index in [4.69, 9.17) is 4.42 Å². The summed E-state index contributed by atoms with van der Waals surface area (Å²) in [6.45, 7) is 5.33. The van der Waals surface area contributed by atoms with E-state index in [2.05, 4.69) is 51.8 Å². The van der Waals surface area contributed by atoms with Crippen LogP contribution in [-0.2, 0) is 13.1 Å². The maximum atomic E-state index is 5.31. The minimum atomic E-state index is 0.598. The van der Waals surface area contributed by atoms with Crippen molar-refractivity contribution in [2.45, 2.75) is 26.9 Å². The van der Waals surface area contributed by atoms with Crippen molar-refractivity contribution in [1.82, 2.24) is 9.97 Å². The highest BCUT2D eigenvalue weighted by molar-refractivity contribution is 5.42. The van der Waals surface area contributed by atoms with Crippen LogP contribution in [0.15, 0.2) is 53.1 Å². The molecule has 0 aliphatic heterocycles. The van der Waals surface area contributed by atoms with E-state index < -0.39 is 0 Å². The molecule has 0 fully saturated rings. The van der Waals surface area contributed by atoms with E-state index in [1.807, 2.05) is 25.1 Å². The Morgan fingerprint density at radius 2 is 1.78 bits per heavy atom. The molecule has 0 aliphatic rings. The summed E-state index contributed by atoms with van der Waals surface area (Å²) in [6, 6.07) is 14.1. The van der Waals surface area contributed by atoms with Gasteiger partial charge in [-0.2, -0.15) is 4.98 Å². The van der Waals surface area contributed by atoms with Gasteiger partial charge in [0, 0.05) is 18.3 Å². The number of aryl methyl sites for hydroxylation is 2. The van der Waals surface area contributed by atoms with Crippen LogP contribution in [0, 0.1) is 13.8 Å². The highest BCUT2D eigenvalue weighted by atomic mass is 16.3. The molecule has 0 unspecified atom stereocenters. The van der Waals surface area contributed by atoms with Crippen LogP contribution in [0.2, 0.25) is 0 Å². The Balaban J connectivity index is 1.63. The fraction of sp³-hybridized carbons (Fsp3) is 0.222. The molecular formula is C18H20N4O. The predicted octanol–water partition coefficient (Wildman–Crippen LogP) is 3.91. The van der Waals surface area contributed by atoms with Crippen LogP contribution < -0.4 is 10.6 Å². The summed E-state index contributed by atoms with van der Waals surface area (Å²) in [6.07, 6.45) is 1.66. The Morgan fingerprint density at radius 3 is 2.52 bits per heavy atom. The molecule has 2 N–H and O–H groups in total. The molecule has 5 nitrogen and oxygen atoms in total. The second kappa shape index (κ2) is 6.96. The fourth-order valence-corrected chi connectivity index (χ4v) is 2.22. The molecule has 5 heteroatoms. The summed E-state index contributed by atoms with van der Waals surface area (Å²) in [7, 11) is 0. The summed E-state index contributed by atoms with van der Waals surface area (Å²) in [5.74, 6) is 2.27. The third-order valence-corrected chi connectivity index (χ3v) is 3.45. The van der Waals surface area contributed by atoms with Gasteiger partial charge in [-0.15, -0.1) is 0 Å². The highest BCUT2D eigenvalue weighted by Crippen LogP contribution is 2.13. The average Bonchev–Trinajstić information content (AvgIpc) is 3.05. The van der Waals surface area contributed by atoms with Gasteiger partial charge in [-0.05, 0) is 31.5 Å². The van der Waals surface area contributed by atoms with E-state index >= 15 is 0 Å². The molecule has 3 rings (SSSR count). The van der Waals surface area contributed by atoms with E-state index in [9.17, 15) is 0 Å². The van der Waals surface area contributed by atoms with E-state index in [-0.39, 0.29) is 0 Å². The molecule has 23 heavy (non-hydrogen) atoms. The van der Waals surface area contributed by atoms with Crippen LogP contribution in [0.3, 0.4) is 0 Å². The Bertz CT molecular complexity index is 751. The van der Waals surface area contributed by atoms with Crippen molar-refractivity contribution in [1.29, 1.82) is 0 Å². The fourth-order valence-electron chi connectivity index (χ4n) is 2.22. The number of hydrogen-bond acceptors (Lipinski definition) is 5. The first-order valence-corrected chi connectivity index (χ1v) is 7.60.